The van der Waals surface area contributed by atoms with Crippen molar-refractivity contribution < 1.29 is 15.3 Å². The maximum atomic E-state index is 11.3. The molecule has 0 amide bonds. The molecule has 0 aliphatic carbocycles. The first kappa shape index (κ1) is 27.8. The van der Waals surface area contributed by atoms with Gasteiger partial charge in [0.25, 0.3) is 0 Å². The van der Waals surface area contributed by atoms with Crippen molar-refractivity contribution >= 4 is 0 Å². The van der Waals surface area contributed by atoms with Gasteiger partial charge in [0, 0.05) is 0 Å². The molecule has 180 valence electrons. The lowest BCUT2D eigenvalue weighted by atomic mass is 9.68. The summed E-state index contributed by atoms with van der Waals surface area (Å²) in [5.74, 6) is 1.82. The Bertz CT molecular complexity index is 713. The SMILES string of the molecule is Cc1c(O)cc(CCC(C)(O)C(C)(C)CC[C@H](C)CC(C)(C)CCC(C)C)c(O)c1C. The Morgan fingerprint density at radius 2 is 1.42 bits per heavy atom. The third kappa shape index (κ3) is 8.00. The summed E-state index contributed by atoms with van der Waals surface area (Å²) in [7, 11) is 0. The van der Waals surface area contributed by atoms with E-state index >= 15 is 0 Å². The lowest BCUT2D eigenvalue weighted by Gasteiger charge is -2.41. The van der Waals surface area contributed by atoms with Gasteiger partial charge in [-0.05, 0) is 98.3 Å². The molecule has 3 heteroatoms. The van der Waals surface area contributed by atoms with Crippen molar-refractivity contribution in [1.82, 2.24) is 0 Å². The van der Waals surface area contributed by atoms with Crippen LogP contribution < -0.4 is 0 Å². The molecule has 0 bridgehead atoms. The molecule has 0 spiro atoms. The molecule has 0 saturated heterocycles. The van der Waals surface area contributed by atoms with Gasteiger partial charge in [-0.1, -0.05) is 61.3 Å². The van der Waals surface area contributed by atoms with E-state index in [1.165, 1.54) is 19.3 Å². The lowest BCUT2D eigenvalue weighted by molar-refractivity contribution is -0.0645. The molecule has 2 atom stereocenters. The minimum atomic E-state index is -0.860. The van der Waals surface area contributed by atoms with Crippen LogP contribution in [-0.4, -0.2) is 20.9 Å². The van der Waals surface area contributed by atoms with Gasteiger partial charge in [-0.15, -0.1) is 0 Å². The van der Waals surface area contributed by atoms with Gasteiger partial charge in [0.05, 0.1) is 5.60 Å². The highest BCUT2D eigenvalue weighted by Gasteiger charge is 2.39. The van der Waals surface area contributed by atoms with Crippen molar-refractivity contribution in [3.05, 3.63) is 22.8 Å². The molecule has 1 unspecified atom stereocenters. The predicted octanol–water partition coefficient (Wildman–Crippen LogP) is 7.69. The van der Waals surface area contributed by atoms with E-state index in [1.807, 2.05) is 13.8 Å². The van der Waals surface area contributed by atoms with Gasteiger partial charge < -0.3 is 15.3 Å². The molecule has 3 N–H and O–H groups in total. The van der Waals surface area contributed by atoms with Crippen molar-refractivity contribution in [3.8, 4) is 11.5 Å². The third-order valence-corrected chi connectivity index (χ3v) is 7.82. The first-order valence-electron chi connectivity index (χ1n) is 12.2. The second-order valence-electron chi connectivity index (χ2n) is 12.3. The molecule has 0 heterocycles. The van der Waals surface area contributed by atoms with E-state index in [4.69, 9.17) is 0 Å². The van der Waals surface area contributed by atoms with Crippen LogP contribution in [0.4, 0.5) is 0 Å². The maximum absolute atomic E-state index is 11.3. The third-order valence-electron chi connectivity index (χ3n) is 7.82. The minimum absolute atomic E-state index is 0.207. The number of rotatable bonds is 12. The normalized spacial score (nSPS) is 15.9. The Balaban J connectivity index is 2.71. The molecule has 0 radical (unpaired) electrons. The standard InChI is InChI=1S/C28H50O3/c1-19(2)11-14-26(6,7)18-20(3)12-15-27(8,9)28(10,31)16-13-23-17-24(29)21(4)22(5)25(23)30/h17,19-20,29-31H,11-16,18H2,1-10H3/t20-,28?/m0/s1. The topological polar surface area (TPSA) is 60.7 Å². The average Bonchev–Trinajstić information content (AvgIpc) is 2.64. The summed E-state index contributed by atoms with van der Waals surface area (Å²) >= 11 is 0. The Kier molecular flexibility index (Phi) is 9.51. The molecule has 0 aliphatic heterocycles. The van der Waals surface area contributed by atoms with Crippen LogP contribution in [0.15, 0.2) is 6.07 Å². The fourth-order valence-corrected chi connectivity index (χ4v) is 4.56. The minimum Gasteiger partial charge on any atom is -0.508 e. The van der Waals surface area contributed by atoms with Gasteiger partial charge in [-0.2, -0.15) is 0 Å². The highest BCUT2D eigenvalue weighted by atomic mass is 16.3. The smallest absolute Gasteiger partial charge is 0.122 e. The van der Waals surface area contributed by atoms with E-state index in [0.717, 1.165) is 18.8 Å². The first-order valence-corrected chi connectivity index (χ1v) is 12.2. The zero-order chi connectivity index (χ0) is 24.2. The molecule has 3 nitrogen and oxygen atoms in total. The second-order valence-corrected chi connectivity index (χ2v) is 12.3. The number of aromatic hydroxyl groups is 2. The summed E-state index contributed by atoms with van der Waals surface area (Å²) in [6.45, 7) is 21.6. The summed E-state index contributed by atoms with van der Waals surface area (Å²) in [4.78, 5) is 0. The number of phenolic OH excluding ortho intramolecular Hbond substituents is 2. The highest BCUT2D eigenvalue weighted by molar-refractivity contribution is 5.51. The Morgan fingerprint density at radius 1 is 0.839 bits per heavy atom. The number of aliphatic hydroxyl groups is 1. The van der Waals surface area contributed by atoms with Gasteiger partial charge in [0.1, 0.15) is 11.5 Å². The van der Waals surface area contributed by atoms with Crippen LogP contribution in [0.1, 0.15) is 111 Å². The van der Waals surface area contributed by atoms with Crippen molar-refractivity contribution in [2.24, 2.45) is 22.7 Å². The lowest BCUT2D eigenvalue weighted by Crippen LogP contribution is -2.42. The molecule has 0 aromatic heterocycles. The zero-order valence-electron chi connectivity index (χ0n) is 22.0. The Hall–Kier alpha value is -1.22. The van der Waals surface area contributed by atoms with E-state index in [0.29, 0.717) is 40.9 Å². The van der Waals surface area contributed by atoms with Gasteiger partial charge in [0.2, 0.25) is 0 Å². The monoisotopic (exact) mass is 434 g/mol. The summed E-state index contributed by atoms with van der Waals surface area (Å²) in [6.07, 6.45) is 6.91. The van der Waals surface area contributed by atoms with E-state index < -0.39 is 5.60 Å². The van der Waals surface area contributed by atoms with Crippen molar-refractivity contribution in [1.29, 1.82) is 0 Å². The fourth-order valence-electron chi connectivity index (χ4n) is 4.56. The molecule has 1 rings (SSSR count). The summed E-state index contributed by atoms with van der Waals surface area (Å²) in [5.41, 5.74) is 1.39. The summed E-state index contributed by atoms with van der Waals surface area (Å²) in [5, 5.41) is 31.9. The van der Waals surface area contributed by atoms with Gasteiger partial charge in [-0.3, -0.25) is 0 Å². The zero-order valence-corrected chi connectivity index (χ0v) is 22.0. The number of phenols is 2. The van der Waals surface area contributed by atoms with E-state index in [1.54, 1.807) is 13.0 Å². The van der Waals surface area contributed by atoms with Crippen molar-refractivity contribution in [3.63, 3.8) is 0 Å². The Labute approximate surface area is 192 Å². The fraction of sp³-hybridized carbons (Fsp3) is 0.786. The molecular weight excluding hydrogens is 384 g/mol. The molecule has 31 heavy (non-hydrogen) atoms. The van der Waals surface area contributed by atoms with Crippen molar-refractivity contribution in [2.75, 3.05) is 0 Å². The van der Waals surface area contributed by atoms with Gasteiger partial charge in [0.15, 0.2) is 0 Å². The largest absolute Gasteiger partial charge is 0.508 e. The van der Waals surface area contributed by atoms with Crippen LogP contribution in [-0.2, 0) is 6.42 Å². The van der Waals surface area contributed by atoms with Crippen LogP contribution in [0, 0.1) is 36.5 Å². The van der Waals surface area contributed by atoms with Crippen LogP contribution in [0.25, 0.3) is 0 Å². The molecule has 0 aliphatic rings. The second kappa shape index (κ2) is 10.6. The van der Waals surface area contributed by atoms with Crippen LogP contribution in [0.3, 0.4) is 0 Å². The van der Waals surface area contributed by atoms with E-state index in [9.17, 15) is 15.3 Å². The maximum Gasteiger partial charge on any atom is 0.122 e. The molecule has 1 aromatic carbocycles. The number of hydrogen-bond donors (Lipinski definition) is 3. The molecule has 0 saturated carbocycles. The van der Waals surface area contributed by atoms with E-state index in [-0.39, 0.29) is 16.9 Å². The van der Waals surface area contributed by atoms with Gasteiger partial charge in [-0.25, -0.2) is 0 Å². The summed E-state index contributed by atoms with van der Waals surface area (Å²) < 4.78 is 0. The highest BCUT2D eigenvalue weighted by Crippen LogP contribution is 2.42. The number of hydrogen-bond acceptors (Lipinski definition) is 3. The molecular formula is C28H50O3. The first-order chi connectivity index (χ1) is 14.0. The van der Waals surface area contributed by atoms with Crippen molar-refractivity contribution in [2.45, 2.75) is 120 Å². The quantitative estimate of drug-likeness (QED) is 0.295. The average molecular weight is 435 g/mol. The van der Waals surface area contributed by atoms with Crippen LogP contribution in [0.5, 0.6) is 11.5 Å². The van der Waals surface area contributed by atoms with Crippen LogP contribution in [0.2, 0.25) is 0 Å². The number of aryl methyl sites for hydroxylation is 1. The molecule has 1 aromatic rings. The Morgan fingerprint density at radius 3 is 1.97 bits per heavy atom. The van der Waals surface area contributed by atoms with E-state index in [2.05, 4.69) is 48.5 Å². The predicted molar refractivity (Wildman–Crippen MR) is 133 cm³/mol. The molecule has 0 fully saturated rings. The van der Waals surface area contributed by atoms with Gasteiger partial charge >= 0.3 is 0 Å². The van der Waals surface area contributed by atoms with Crippen LogP contribution >= 0.6 is 0 Å². The summed E-state index contributed by atoms with van der Waals surface area (Å²) in [6, 6.07) is 1.64. The number of benzene rings is 1.